The standard InChI is InChI=1S/C17H18F3N/c1-3-16(21)13-6-4-5-12(10-13)15-8-7-14(9-11(15)2)17(18,19)20/h4-10,16H,3,21H2,1-2H3. The van der Waals surface area contributed by atoms with Gasteiger partial charge in [-0.1, -0.05) is 31.2 Å². The van der Waals surface area contributed by atoms with Crippen LogP contribution in [0.15, 0.2) is 42.5 Å². The van der Waals surface area contributed by atoms with Crippen molar-refractivity contribution in [3.63, 3.8) is 0 Å². The second-order valence-corrected chi connectivity index (χ2v) is 5.17. The molecule has 4 heteroatoms. The molecule has 112 valence electrons. The first-order valence-corrected chi connectivity index (χ1v) is 6.86. The molecule has 2 N–H and O–H groups in total. The van der Waals surface area contributed by atoms with Crippen LogP contribution in [0.5, 0.6) is 0 Å². The lowest BCUT2D eigenvalue weighted by molar-refractivity contribution is -0.137. The maximum atomic E-state index is 12.7. The number of aryl methyl sites for hydroxylation is 1. The second-order valence-electron chi connectivity index (χ2n) is 5.17. The van der Waals surface area contributed by atoms with Gasteiger partial charge in [0.2, 0.25) is 0 Å². The number of rotatable bonds is 3. The third kappa shape index (κ3) is 3.45. The predicted octanol–water partition coefficient (Wildman–Crippen LogP) is 5.09. The summed E-state index contributed by atoms with van der Waals surface area (Å²) in [5.41, 5.74) is 8.68. The molecule has 0 aliphatic rings. The van der Waals surface area contributed by atoms with E-state index in [2.05, 4.69) is 0 Å². The molecular weight excluding hydrogens is 275 g/mol. The highest BCUT2D eigenvalue weighted by atomic mass is 19.4. The van der Waals surface area contributed by atoms with Gasteiger partial charge < -0.3 is 5.73 Å². The van der Waals surface area contributed by atoms with Crippen molar-refractivity contribution in [2.24, 2.45) is 5.73 Å². The van der Waals surface area contributed by atoms with Crippen LogP contribution in [0.2, 0.25) is 0 Å². The number of hydrogen-bond acceptors (Lipinski definition) is 1. The molecule has 1 atom stereocenters. The van der Waals surface area contributed by atoms with Crippen LogP contribution in [0.3, 0.4) is 0 Å². The maximum absolute atomic E-state index is 12.7. The fraction of sp³-hybridized carbons (Fsp3) is 0.294. The summed E-state index contributed by atoms with van der Waals surface area (Å²) >= 11 is 0. The van der Waals surface area contributed by atoms with Crippen LogP contribution >= 0.6 is 0 Å². The Labute approximate surface area is 122 Å². The van der Waals surface area contributed by atoms with Crippen LogP contribution in [0.1, 0.15) is 36.1 Å². The van der Waals surface area contributed by atoms with Crippen LogP contribution in [0.4, 0.5) is 13.2 Å². The van der Waals surface area contributed by atoms with E-state index in [0.29, 0.717) is 5.56 Å². The Hall–Kier alpha value is -1.81. The van der Waals surface area contributed by atoms with Gasteiger partial charge in [-0.2, -0.15) is 13.2 Å². The first kappa shape index (κ1) is 15.6. The molecule has 0 bridgehead atoms. The molecule has 1 unspecified atom stereocenters. The van der Waals surface area contributed by atoms with E-state index in [1.807, 2.05) is 31.2 Å². The van der Waals surface area contributed by atoms with E-state index in [1.165, 1.54) is 12.1 Å². The molecule has 2 rings (SSSR count). The Morgan fingerprint density at radius 2 is 1.81 bits per heavy atom. The van der Waals surface area contributed by atoms with Gasteiger partial charge in [-0.15, -0.1) is 0 Å². The van der Waals surface area contributed by atoms with Gasteiger partial charge in [-0.3, -0.25) is 0 Å². The minimum absolute atomic E-state index is 0.0558. The number of alkyl halides is 3. The van der Waals surface area contributed by atoms with Gasteiger partial charge in [-0.05, 0) is 53.8 Å². The van der Waals surface area contributed by atoms with Gasteiger partial charge >= 0.3 is 6.18 Å². The van der Waals surface area contributed by atoms with Gasteiger partial charge in [-0.25, -0.2) is 0 Å². The van der Waals surface area contributed by atoms with Gasteiger partial charge in [0.05, 0.1) is 5.56 Å². The van der Waals surface area contributed by atoms with Gasteiger partial charge in [0.1, 0.15) is 0 Å². The van der Waals surface area contributed by atoms with E-state index >= 15 is 0 Å². The van der Waals surface area contributed by atoms with Gasteiger partial charge in [0.25, 0.3) is 0 Å². The molecule has 2 aromatic rings. The number of halogens is 3. The van der Waals surface area contributed by atoms with Crippen molar-refractivity contribution in [3.05, 3.63) is 59.2 Å². The zero-order valence-corrected chi connectivity index (χ0v) is 12.0. The van der Waals surface area contributed by atoms with E-state index < -0.39 is 11.7 Å². The molecule has 0 aliphatic heterocycles. The molecule has 0 fully saturated rings. The molecule has 0 amide bonds. The van der Waals surface area contributed by atoms with Crippen molar-refractivity contribution >= 4 is 0 Å². The smallest absolute Gasteiger partial charge is 0.324 e. The number of nitrogens with two attached hydrogens (primary N) is 1. The highest BCUT2D eigenvalue weighted by molar-refractivity contribution is 5.68. The topological polar surface area (TPSA) is 26.0 Å². The minimum Gasteiger partial charge on any atom is -0.324 e. The van der Waals surface area contributed by atoms with Gasteiger partial charge in [0.15, 0.2) is 0 Å². The van der Waals surface area contributed by atoms with E-state index in [4.69, 9.17) is 5.73 Å². The molecule has 1 nitrogen and oxygen atoms in total. The SMILES string of the molecule is CCC(N)c1cccc(-c2ccc(C(F)(F)F)cc2C)c1. The van der Waals surface area contributed by atoms with Crippen LogP contribution in [0.25, 0.3) is 11.1 Å². The van der Waals surface area contributed by atoms with E-state index in [0.717, 1.165) is 29.2 Å². The summed E-state index contributed by atoms with van der Waals surface area (Å²) in [6, 6.07) is 11.4. The predicted molar refractivity (Wildman–Crippen MR) is 78.8 cm³/mol. The lowest BCUT2D eigenvalue weighted by atomic mass is 9.95. The maximum Gasteiger partial charge on any atom is 0.416 e. The van der Waals surface area contributed by atoms with E-state index in [9.17, 15) is 13.2 Å². The molecule has 0 saturated heterocycles. The average Bonchev–Trinajstić information content (AvgIpc) is 2.45. The lowest BCUT2D eigenvalue weighted by Crippen LogP contribution is -2.08. The van der Waals surface area contributed by atoms with E-state index in [-0.39, 0.29) is 6.04 Å². The Morgan fingerprint density at radius 3 is 2.38 bits per heavy atom. The first-order valence-electron chi connectivity index (χ1n) is 6.86. The van der Waals surface area contributed by atoms with Crippen molar-refractivity contribution in [2.45, 2.75) is 32.5 Å². The third-order valence-electron chi connectivity index (χ3n) is 3.62. The molecule has 0 spiro atoms. The van der Waals surface area contributed by atoms with Crippen molar-refractivity contribution < 1.29 is 13.2 Å². The summed E-state index contributed by atoms with van der Waals surface area (Å²) in [7, 11) is 0. The van der Waals surface area contributed by atoms with Crippen molar-refractivity contribution in [1.29, 1.82) is 0 Å². The molecule has 0 saturated carbocycles. The fourth-order valence-electron chi connectivity index (χ4n) is 2.34. The molecule has 0 radical (unpaired) electrons. The number of hydrogen-bond donors (Lipinski definition) is 1. The lowest BCUT2D eigenvalue weighted by Gasteiger charge is -2.14. The summed E-state index contributed by atoms with van der Waals surface area (Å²) in [5.74, 6) is 0. The van der Waals surface area contributed by atoms with E-state index in [1.54, 1.807) is 6.92 Å². The van der Waals surface area contributed by atoms with Crippen molar-refractivity contribution in [2.75, 3.05) is 0 Å². The molecule has 0 aliphatic carbocycles. The molecule has 0 aromatic heterocycles. The zero-order chi connectivity index (χ0) is 15.6. The Bertz CT molecular complexity index is 632. The summed E-state index contributed by atoms with van der Waals surface area (Å²) in [5, 5.41) is 0. The molecule has 0 heterocycles. The molecule has 21 heavy (non-hydrogen) atoms. The summed E-state index contributed by atoms with van der Waals surface area (Å²) in [4.78, 5) is 0. The third-order valence-corrected chi connectivity index (χ3v) is 3.62. The van der Waals surface area contributed by atoms with Crippen molar-refractivity contribution in [1.82, 2.24) is 0 Å². The van der Waals surface area contributed by atoms with Crippen LogP contribution < -0.4 is 5.73 Å². The average molecular weight is 293 g/mol. The Kier molecular flexibility index (Phi) is 4.37. The highest BCUT2D eigenvalue weighted by Crippen LogP contribution is 2.33. The van der Waals surface area contributed by atoms with Crippen LogP contribution in [-0.4, -0.2) is 0 Å². The van der Waals surface area contributed by atoms with Crippen molar-refractivity contribution in [3.8, 4) is 11.1 Å². The summed E-state index contributed by atoms with van der Waals surface area (Å²) in [6.45, 7) is 3.69. The number of benzene rings is 2. The first-order chi connectivity index (χ1) is 9.82. The molecule has 2 aromatic carbocycles. The fourth-order valence-corrected chi connectivity index (χ4v) is 2.34. The molecular formula is C17H18F3N. The quantitative estimate of drug-likeness (QED) is 0.838. The Morgan fingerprint density at radius 1 is 1.10 bits per heavy atom. The Balaban J connectivity index is 2.43. The van der Waals surface area contributed by atoms with Crippen LogP contribution in [-0.2, 0) is 6.18 Å². The largest absolute Gasteiger partial charge is 0.416 e. The van der Waals surface area contributed by atoms with Gasteiger partial charge in [0, 0.05) is 6.04 Å². The summed E-state index contributed by atoms with van der Waals surface area (Å²) in [6.07, 6.45) is -3.49. The monoisotopic (exact) mass is 293 g/mol. The van der Waals surface area contributed by atoms with Crippen LogP contribution in [0, 0.1) is 6.92 Å². The highest BCUT2D eigenvalue weighted by Gasteiger charge is 2.30. The summed E-state index contributed by atoms with van der Waals surface area (Å²) < 4.78 is 38.1. The second kappa shape index (κ2) is 5.90. The minimum atomic E-state index is -4.31. The zero-order valence-electron chi connectivity index (χ0n) is 12.0. The normalized spacial score (nSPS) is 13.2.